The molecule has 0 aromatic rings. The number of ether oxygens (including phenoxy) is 1. The first-order valence-corrected chi connectivity index (χ1v) is 5.01. The van der Waals surface area contributed by atoms with Gasteiger partial charge in [0.1, 0.15) is 11.8 Å². The summed E-state index contributed by atoms with van der Waals surface area (Å²) < 4.78 is 30.4. The second kappa shape index (κ2) is 3.72. The minimum atomic E-state index is -2.36. The van der Waals surface area contributed by atoms with Crippen LogP contribution >= 0.6 is 0 Å². The van der Waals surface area contributed by atoms with Gasteiger partial charge in [-0.1, -0.05) is 0 Å². The molecule has 0 radical (unpaired) electrons. The van der Waals surface area contributed by atoms with Gasteiger partial charge in [-0.25, -0.2) is 8.78 Å². The van der Waals surface area contributed by atoms with Crippen LogP contribution in [0.3, 0.4) is 0 Å². The number of rotatable bonds is 1. The van der Waals surface area contributed by atoms with Crippen LogP contribution in [0.1, 0.15) is 12.8 Å². The van der Waals surface area contributed by atoms with Crippen LogP contribution in [-0.2, 0) is 4.74 Å². The molecule has 0 amide bonds. The van der Waals surface area contributed by atoms with E-state index in [1.165, 1.54) is 0 Å². The van der Waals surface area contributed by atoms with Crippen LogP contribution in [-0.4, -0.2) is 49.8 Å². The van der Waals surface area contributed by atoms with Crippen LogP contribution < -0.4 is 5.32 Å². The minimum absolute atomic E-state index is 0.406. The van der Waals surface area contributed by atoms with E-state index < -0.39 is 18.3 Å². The van der Waals surface area contributed by atoms with Crippen LogP contribution in [0.4, 0.5) is 8.78 Å². The van der Waals surface area contributed by atoms with Crippen molar-refractivity contribution in [3.05, 3.63) is 0 Å². The molecular weight excluding hydrogens is 190 g/mol. The zero-order valence-corrected chi connectivity index (χ0v) is 8.30. The molecule has 0 aromatic carbocycles. The Morgan fingerprint density at radius 2 is 2.36 bits per heavy atom. The highest BCUT2D eigenvalue weighted by molar-refractivity contribution is 4.92. The lowest BCUT2D eigenvalue weighted by Crippen LogP contribution is -2.57. The van der Waals surface area contributed by atoms with Crippen LogP contribution in [0.25, 0.3) is 0 Å². The fourth-order valence-electron chi connectivity index (χ4n) is 2.22. The van der Waals surface area contributed by atoms with Gasteiger partial charge in [0.2, 0.25) is 0 Å². The van der Waals surface area contributed by atoms with Gasteiger partial charge >= 0.3 is 0 Å². The monoisotopic (exact) mass is 206 g/mol. The van der Waals surface area contributed by atoms with E-state index in [0.717, 1.165) is 13.0 Å². The van der Waals surface area contributed by atoms with E-state index in [2.05, 4.69) is 10.2 Å². The molecule has 2 aliphatic rings. The standard InChI is InChI=1S/C9H16F2N2O/c1-13-5-3-9(6-13)12-4-2-7(14-9)8(10)11/h7-8,12H,2-6H2,1H3. The number of nitrogens with zero attached hydrogens (tertiary/aromatic N) is 1. The summed E-state index contributed by atoms with van der Waals surface area (Å²) in [5.74, 6) is 0. The van der Waals surface area contributed by atoms with Crippen molar-refractivity contribution in [3.63, 3.8) is 0 Å². The Morgan fingerprint density at radius 3 is 2.93 bits per heavy atom. The van der Waals surface area contributed by atoms with Crippen molar-refractivity contribution in [2.45, 2.75) is 31.1 Å². The van der Waals surface area contributed by atoms with E-state index in [1.807, 2.05) is 7.05 Å². The highest BCUT2D eigenvalue weighted by atomic mass is 19.3. The van der Waals surface area contributed by atoms with E-state index in [1.54, 1.807) is 0 Å². The molecule has 2 saturated heterocycles. The summed E-state index contributed by atoms with van der Waals surface area (Å²) >= 11 is 0. The number of alkyl halides is 2. The van der Waals surface area contributed by atoms with Gasteiger partial charge in [0.05, 0.1) is 0 Å². The molecule has 2 aliphatic heterocycles. The van der Waals surface area contributed by atoms with Crippen LogP contribution in [0, 0.1) is 0 Å². The topological polar surface area (TPSA) is 24.5 Å². The first-order valence-electron chi connectivity index (χ1n) is 5.01. The van der Waals surface area contributed by atoms with E-state index in [0.29, 0.717) is 19.5 Å². The molecule has 1 spiro atoms. The van der Waals surface area contributed by atoms with Crippen molar-refractivity contribution in [3.8, 4) is 0 Å². The van der Waals surface area contributed by atoms with Crippen LogP contribution in [0.15, 0.2) is 0 Å². The molecule has 2 rings (SSSR count). The van der Waals surface area contributed by atoms with E-state index in [9.17, 15) is 8.78 Å². The number of likely N-dealkylation sites (N-methyl/N-ethyl adjacent to an activating group) is 1. The van der Waals surface area contributed by atoms with Crippen molar-refractivity contribution in [2.75, 3.05) is 26.7 Å². The lowest BCUT2D eigenvalue weighted by molar-refractivity contribution is -0.177. The van der Waals surface area contributed by atoms with E-state index in [4.69, 9.17) is 4.74 Å². The molecule has 2 atom stereocenters. The molecule has 0 aromatic heterocycles. The van der Waals surface area contributed by atoms with Crippen molar-refractivity contribution in [1.29, 1.82) is 0 Å². The van der Waals surface area contributed by atoms with Gasteiger partial charge in [-0.15, -0.1) is 0 Å². The summed E-state index contributed by atoms with van der Waals surface area (Å²) in [5, 5.41) is 3.21. The van der Waals surface area contributed by atoms with Gasteiger partial charge < -0.3 is 9.64 Å². The Hall–Kier alpha value is -0.260. The Balaban J connectivity index is 1.99. The Bertz CT molecular complexity index is 211. The first-order chi connectivity index (χ1) is 6.61. The van der Waals surface area contributed by atoms with Crippen molar-refractivity contribution in [2.24, 2.45) is 0 Å². The molecule has 3 nitrogen and oxygen atoms in total. The van der Waals surface area contributed by atoms with Gasteiger partial charge in [0.25, 0.3) is 6.43 Å². The van der Waals surface area contributed by atoms with Gasteiger partial charge in [-0.2, -0.15) is 0 Å². The number of hydrogen-bond donors (Lipinski definition) is 1. The quantitative estimate of drug-likeness (QED) is 0.682. The maximum atomic E-state index is 12.5. The molecule has 0 bridgehead atoms. The van der Waals surface area contributed by atoms with Gasteiger partial charge in [-0.05, 0) is 13.5 Å². The fraction of sp³-hybridized carbons (Fsp3) is 1.00. The average molecular weight is 206 g/mol. The number of halogens is 2. The normalized spacial score (nSPS) is 39.9. The molecule has 2 fully saturated rings. The highest BCUT2D eigenvalue weighted by Gasteiger charge is 2.43. The third-order valence-electron chi connectivity index (χ3n) is 2.96. The Kier molecular flexibility index (Phi) is 2.72. The molecule has 0 saturated carbocycles. The summed E-state index contributed by atoms with van der Waals surface area (Å²) in [6, 6.07) is 0. The number of hydrogen-bond acceptors (Lipinski definition) is 3. The average Bonchev–Trinajstić information content (AvgIpc) is 2.47. The predicted octanol–water partition coefficient (Wildman–Crippen LogP) is 0.662. The number of nitrogens with one attached hydrogen (secondary N) is 1. The largest absolute Gasteiger partial charge is 0.350 e. The third kappa shape index (κ3) is 1.89. The smallest absolute Gasteiger partial charge is 0.264 e. The van der Waals surface area contributed by atoms with Gasteiger partial charge in [0.15, 0.2) is 0 Å². The lowest BCUT2D eigenvalue weighted by Gasteiger charge is -2.39. The minimum Gasteiger partial charge on any atom is -0.350 e. The van der Waals surface area contributed by atoms with Crippen LogP contribution in [0.5, 0.6) is 0 Å². The predicted molar refractivity (Wildman–Crippen MR) is 48.3 cm³/mol. The fourth-order valence-corrected chi connectivity index (χ4v) is 2.22. The molecular formula is C9H16F2N2O. The van der Waals surface area contributed by atoms with E-state index in [-0.39, 0.29) is 0 Å². The lowest BCUT2D eigenvalue weighted by atomic mass is 10.1. The highest BCUT2D eigenvalue weighted by Crippen LogP contribution is 2.29. The Labute approximate surface area is 82.4 Å². The summed E-state index contributed by atoms with van der Waals surface area (Å²) in [7, 11) is 1.98. The molecule has 2 heterocycles. The number of likely N-dealkylation sites (tertiary alicyclic amines) is 1. The second-order valence-corrected chi connectivity index (χ2v) is 4.19. The summed E-state index contributed by atoms with van der Waals surface area (Å²) in [6.45, 7) is 2.24. The maximum Gasteiger partial charge on any atom is 0.264 e. The van der Waals surface area contributed by atoms with Gasteiger partial charge in [-0.3, -0.25) is 5.32 Å². The summed E-state index contributed by atoms with van der Waals surface area (Å²) in [6.07, 6.45) is -2.04. The van der Waals surface area contributed by atoms with Crippen molar-refractivity contribution in [1.82, 2.24) is 10.2 Å². The third-order valence-corrected chi connectivity index (χ3v) is 2.96. The first kappa shape index (κ1) is 10.3. The second-order valence-electron chi connectivity index (χ2n) is 4.19. The van der Waals surface area contributed by atoms with Gasteiger partial charge in [0, 0.05) is 26.1 Å². The summed E-state index contributed by atoms with van der Waals surface area (Å²) in [5.41, 5.74) is -0.506. The molecule has 14 heavy (non-hydrogen) atoms. The molecule has 2 unspecified atom stereocenters. The zero-order valence-electron chi connectivity index (χ0n) is 8.30. The van der Waals surface area contributed by atoms with E-state index >= 15 is 0 Å². The summed E-state index contributed by atoms with van der Waals surface area (Å²) in [4.78, 5) is 2.10. The van der Waals surface area contributed by atoms with Crippen molar-refractivity contribution >= 4 is 0 Å². The van der Waals surface area contributed by atoms with Crippen LogP contribution in [0.2, 0.25) is 0 Å². The van der Waals surface area contributed by atoms with Crippen molar-refractivity contribution < 1.29 is 13.5 Å². The molecule has 1 N–H and O–H groups in total. The SMILES string of the molecule is CN1CCC2(C1)NCCC(C(F)F)O2. The zero-order chi connectivity index (χ0) is 10.2. The Morgan fingerprint density at radius 1 is 1.57 bits per heavy atom. The maximum absolute atomic E-state index is 12.5. The molecule has 82 valence electrons. The molecule has 5 heteroatoms. The molecule has 0 aliphatic carbocycles.